The molecule has 1 amide bonds. The van der Waals surface area contributed by atoms with E-state index in [4.69, 9.17) is 4.74 Å². The molecule has 0 unspecified atom stereocenters. The molecule has 3 aliphatic rings. The van der Waals surface area contributed by atoms with Crippen LogP contribution in [-0.4, -0.2) is 47.4 Å². The van der Waals surface area contributed by atoms with Gasteiger partial charge < -0.3 is 4.74 Å². The molecule has 0 atom stereocenters. The van der Waals surface area contributed by atoms with Crippen molar-refractivity contribution < 1.29 is 9.53 Å². The highest BCUT2D eigenvalue weighted by Gasteiger charge is 2.21. The van der Waals surface area contributed by atoms with E-state index < -0.39 is 0 Å². The Morgan fingerprint density at radius 3 is 2.79 bits per heavy atom. The number of hydrogen-bond donors (Lipinski definition) is 1. The molecular weight excluding hydrogens is 244 g/mol. The SMILES string of the molecule is O=C(NN1CCOCC1)c1nnc2cccccc1-2. The van der Waals surface area contributed by atoms with E-state index in [9.17, 15) is 4.79 Å². The lowest BCUT2D eigenvalue weighted by Gasteiger charge is -2.26. The number of morpholine rings is 1. The molecule has 6 nitrogen and oxygen atoms in total. The molecule has 1 fully saturated rings. The van der Waals surface area contributed by atoms with E-state index in [2.05, 4.69) is 15.6 Å². The van der Waals surface area contributed by atoms with Crippen molar-refractivity contribution in [1.82, 2.24) is 20.6 Å². The summed E-state index contributed by atoms with van der Waals surface area (Å²) in [5.41, 5.74) is 4.67. The Hall–Kier alpha value is -2.05. The van der Waals surface area contributed by atoms with Crippen LogP contribution >= 0.6 is 0 Å². The quantitative estimate of drug-likeness (QED) is 0.852. The first-order valence-corrected chi connectivity index (χ1v) is 6.20. The standard InChI is InChI=1S/C13H14N4O2/c18-13(16-17-6-8-19-9-7-17)12-10-4-2-1-3-5-11(10)14-15-12/h1-5H,6-9H2,(H,16,18). The number of hydrazine groups is 1. The van der Waals surface area contributed by atoms with Gasteiger partial charge in [0.15, 0.2) is 5.69 Å². The van der Waals surface area contributed by atoms with Crippen molar-refractivity contribution in [1.29, 1.82) is 0 Å². The number of amides is 1. The van der Waals surface area contributed by atoms with Crippen molar-refractivity contribution in [2.45, 2.75) is 0 Å². The summed E-state index contributed by atoms with van der Waals surface area (Å²) in [6.45, 7) is 2.63. The van der Waals surface area contributed by atoms with Gasteiger partial charge in [0, 0.05) is 18.7 Å². The minimum Gasteiger partial charge on any atom is -0.379 e. The fourth-order valence-electron chi connectivity index (χ4n) is 2.02. The van der Waals surface area contributed by atoms with E-state index in [1.54, 1.807) is 0 Å². The van der Waals surface area contributed by atoms with E-state index in [0.29, 0.717) is 32.0 Å². The highest BCUT2D eigenvalue weighted by molar-refractivity contribution is 5.98. The van der Waals surface area contributed by atoms with Crippen LogP contribution in [0.1, 0.15) is 10.5 Å². The number of rotatable bonds is 2. The average molecular weight is 258 g/mol. The first-order valence-electron chi connectivity index (χ1n) is 6.20. The van der Waals surface area contributed by atoms with Crippen molar-refractivity contribution in [3.63, 3.8) is 0 Å². The lowest BCUT2D eigenvalue weighted by Crippen LogP contribution is -2.48. The lowest BCUT2D eigenvalue weighted by atomic mass is 10.1. The zero-order valence-electron chi connectivity index (χ0n) is 10.4. The van der Waals surface area contributed by atoms with Crippen molar-refractivity contribution in [2.24, 2.45) is 0 Å². The van der Waals surface area contributed by atoms with Crippen LogP contribution < -0.4 is 5.43 Å². The second-order valence-corrected chi connectivity index (χ2v) is 4.30. The molecule has 0 radical (unpaired) electrons. The maximum absolute atomic E-state index is 12.2. The molecule has 0 aromatic rings. The first-order chi connectivity index (χ1) is 9.34. The van der Waals surface area contributed by atoms with E-state index in [-0.39, 0.29) is 5.91 Å². The Morgan fingerprint density at radius 1 is 1.16 bits per heavy atom. The topological polar surface area (TPSA) is 67.4 Å². The number of fused-ring (bicyclic) bond motifs is 1. The van der Waals surface area contributed by atoms with E-state index in [0.717, 1.165) is 11.3 Å². The molecule has 0 spiro atoms. The number of ether oxygens (including phenoxy) is 1. The van der Waals surface area contributed by atoms with E-state index in [1.807, 2.05) is 35.3 Å². The minimum atomic E-state index is -0.226. The monoisotopic (exact) mass is 258 g/mol. The second-order valence-electron chi connectivity index (χ2n) is 4.30. The third-order valence-electron chi connectivity index (χ3n) is 3.01. The number of carbonyl (C=O) groups is 1. The van der Waals surface area contributed by atoms with Crippen LogP contribution in [0.3, 0.4) is 0 Å². The molecule has 3 rings (SSSR count). The molecule has 2 aliphatic heterocycles. The zero-order chi connectivity index (χ0) is 13.1. The summed E-state index contributed by atoms with van der Waals surface area (Å²) in [6, 6.07) is 9.33. The molecule has 1 aliphatic carbocycles. The van der Waals surface area contributed by atoms with Crippen LogP contribution in [0, 0.1) is 0 Å². The van der Waals surface area contributed by atoms with Crippen LogP contribution in [0.5, 0.6) is 0 Å². The van der Waals surface area contributed by atoms with Crippen LogP contribution in [0.2, 0.25) is 0 Å². The molecule has 0 aromatic carbocycles. The van der Waals surface area contributed by atoms with Gasteiger partial charge in [0.2, 0.25) is 0 Å². The van der Waals surface area contributed by atoms with Gasteiger partial charge in [-0.1, -0.05) is 24.3 Å². The van der Waals surface area contributed by atoms with Gasteiger partial charge in [0.05, 0.1) is 18.9 Å². The van der Waals surface area contributed by atoms with Crippen LogP contribution in [0.15, 0.2) is 30.3 Å². The van der Waals surface area contributed by atoms with Crippen LogP contribution in [-0.2, 0) is 4.74 Å². The normalized spacial score (nSPS) is 16.4. The summed E-state index contributed by atoms with van der Waals surface area (Å²) in [5.74, 6) is -0.226. The number of aromatic nitrogens is 2. The molecule has 1 N–H and O–H groups in total. The zero-order valence-corrected chi connectivity index (χ0v) is 10.4. The smallest absolute Gasteiger partial charge is 0.286 e. The van der Waals surface area contributed by atoms with Gasteiger partial charge in [0.1, 0.15) is 0 Å². The summed E-state index contributed by atoms with van der Waals surface area (Å²) in [5, 5.41) is 9.83. The van der Waals surface area contributed by atoms with Gasteiger partial charge in [-0.25, -0.2) is 5.01 Å². The summed E-state index contributed by atoms with van der Waals surface area (Å²) in [7, 11) is 0. The Kier molecular flexibility index (Phi) is 3.35. The molecule has 2 heterocycles. The van der Waals surface area contributed by atoms with E-state index >= 15 is 0 Å². The Balaban J connectivity index is 1.79. The maximum Gasteiger partial charge on any atom is 0.286 e. The molecule has 98 valence electrons. The van der Waals surface area contributed by atoms with Gasteiger partial charge in [-0.2, -0.15) is 0 Å². The van der Waals surface area contributed by atoms with Gasteiger partial charge in [-0.15, -0.1) is 10.2 Å². The second kappa shape index (κ2) is 5.29. The molecule has 0 saturated carbocycles. The lowest BCUT2D eigenvalue weighted by molar-refractivity contribution is 0.0125. The minimum absolute atomic E-state index is 0.226. The number of nitrogens with zero attached hydrogens (tertiary/aromatic N) is 3. The molecule has 19 heavy (non-hydrogen) atoms. The molecule has 6 heteroatoms. The predicted molar refractivity (Wildman–Crippen MR) is 68.5 cm³/mol. The third-order valence-corrected chi connectivity index (χ3v) is 3.01. The van der Waals surface area contributed by atoms with E-state index in [1.165, 1.54) is 0 Å². The highest BCUT2D eigenvalue weighted by Crippen LogP contribution is 2.21. The fraction of sp³-hybridized carbons (Fsp3) is 0.308. The molecule has 0 aromatic heterocycles. The summed E-state index contributed by atoms with van der Waals surface area (Å²) >= 11 is 0. The molecular formula is C13H14N4O2. The number of carbonyl (C=O) groups excluding carboxylic acids is 1. The van der Waals surface area contributed by atoms with Gasteiger partial charge in [0.25, 0.3) is 5.91 Å². The highest BCUT2D eigenvalue weighted by atomic mass is 16.5. The number of hydrogen-bond acceptors (Lipinski definition) is 5. The Bertz CT molecular complexity index is 554. The van der Waals surface area contributed by atoms with Crippen molar-refractivity contribution >= 4 is 5.91 Å². The molecule has 1 saturated heterocycles. The van der Waals surface area contributed by atoms with Crippen LogP contribution in [0.4, 0.5) is 0 Å². The van der Waals surface area contributed by atoms with Gasteiger partial charge >= 0.3 is 0 Å². The van der Waals surface area contributed by atoms with Gasteiger partial charge in [-0.3, -0.25) is 10.2 Å². The predicted octanol–water partition coefficient (Wildman–Crippen LogP) is 0.558. The average Bonchev–Trinajstić information content (AvgIpc) is 2.69. The molecule has 0 bridgehead atoms. The first kappa shape index (κ1) is 12.0. The van der Waals surface area contributed by atoms with Crippen molar-refractivity contribution in [2.75, 3.05) is 26.3 Å². The Morgan fingerprint density at radius 2 is 1.95 bits per heavy atom. The summed E-state index contributed by atoms with van der Waals surface area (Å²) < 4.78 is 5.23. The summed E-state index contributed by atoms with van der Waals surface area (Å²) in [6.07, 6.45) is 0. The maximum atomic E-state index is 12.2. The van der Waals surface area contributed by atoms with Crippen LogP contribution in [0.25, 0.3) is 11.3 Å². The van der Waals surface area contributed by atoms with Crippen molar-refractivity contribution in [3.05, 3.63) is 36.0 Å². The third kappa shape index (κ3) is 2.54. The Labute approximate surface area is 110 Å². The summed E-state index contributed by atoms with van der Waals surface area (Å²) in [4.78, 5) is 12.2. The fourth-order valence-corrected chi connectivity index (χ4v) is 2.02. The number of nitrogens with one attached hydrogen (secondary N) is 1. The van der Waals surface area contributed by atoms with Gasteiger partial charge in [-0.05, 0) is 6.07 Å². The largest absolute Gasteiger partial charge is 0.379 e. The van der Waals surface area contributed by atoms with Crippen molar-refractivity contribution in [3.8, 4) is 11.3 Å².